The fourth-order valence-electron chi connectivity index (χ4n) is 2.03. The van der Waals surface area contributed by atoms with Crippen LogP contribution in [-0.4, -0.2) is 43.2 Å². The summed E-state index contributed by atoms with van der Waals surface area (Å²) in [7, 11) is 0. The lowest BCUT2D eigenvalue weighted by molar-refractivity contribution is -0.0393. The van der Waals surface area contributed by atoms with Gasteiger partial charge in [-0.3, -0.25) is 14.3 Å². The van der Waals surface area contributed by atoms with Crippen molar-refractivity contribution in [1.29, 1.82) is 0 Å². The molecule has 0 saturated carbocycles. The molecule has 1 aromatic rings. The second-order valence-electron chi connectivity index (χ2n) is 4.83. The van der Waals surface area contributed by atoms with Gasteiger partial charge in [0, 0.05) is 12.3 Å². The highest BCUT2D eigenvalue weighted by molar-refractivity contribution is 5.12. The zero-order valence-electron chi connectivity index (χ0n) is 11.0. The van der Waals surface area contributed by atoms with E-state index in [2.05, 4.69) is 0 Å². The molecule has 0 bridgehead atoms. The molecular weight excluding hydrogens is 268 g/mol. The molecule has 1 aromatic heterocycles. The van der Waals surface area contributed by atoms with Crippen LogP contribution < -0.4 is 11.2 Å². The number of nitrogens with zero attached hydrogens (tertiary/aromatic N) is 1. The van der Waals surface area contributed by atoms with Crippen LogP contribution in [0.5, 0.6) is 0 Å². The van der Waals surface area contributed by atoms with Gasteiger partial charge in [0.15, 0.2) is 6.23 Å². The SMILES string of the molecule is CC(C)=C(O)[C@H]1O[C@@H](n2ccc(=O)[nH]c2=O)[C@H](O)[C@@H]1O. The van der Waals surface area contributed by atoms with E-state index in [9.17, 15) is 24.9 Å². The lowest BCUT2D eigenvalue weighted by Crippen LogP contribution is -2.37. The van der Waals surface area contributed by atoms with Gasteiger partial charge in [-0.15, -0.1) is 0 Å². The summed E-state index contributed by atoms with van der Waals surface area (Å²) in [6.45, 7) is 3.24. The fraction of sp³-hybridized carbons (Fsp3) is 0.500. The molecule has 0 amide bonds. The Hall–Kier alpha value is -1.90. The van der Waals surface area contributed by atoms with Gasteiger partial charge in [-0.25, -0.2) is 4.79 Å². The van der Waals surface area contributed by atoms with Gasteiger partial charge in [0.05, 0.1) is 0 Å². The van der Waals surface area contributed by atoms with Crippen molar-refractivity contribution >= 4 is 0 Å². The zero-order valence-corrected chi connectivity index (χ0v) is 11.0. The maximum Gasteiger partial charge on any atom is 0.330 e. The van der Waals surface area contributed by atoms with Crippen LogP contribution in [0.2, 0.25) is 0 Å². The Kier molecular flexibility index (Phi) is 3.80. The Morgan fingerprint density at radius 2 is 1.95 bits per heavy atom. The Labute approximate surface area is 113 Å². The minimum atomic E-state index is -1.41. The number of rotatable bonds is 2. The van der Waals surface area contributed by atoms with Crippen LogP contribution in [-0.2, 0) is 4.74 Å². The van der Waals surface area contributed by atoms with Crippen LogP contribution in [0.1, 0.15) is 20.1 Å². The van der Waals surface area contributed by atoms with Crippen molar-refractivity contribution in [3.05, 3.63) is 44.4 Å². The van der Waals surface area contributed by atoms with Crippen molar-refractivity contribution in [2.45, 2.75) is 38.4 Å². The van der Waals surface area contributed by atoms with E-state index >= 15 is 0 Å². The monoisotopic (exact) mass is 284 g/mol. The first-order valence-corrected chi connectivity index (χ1v) is 6.02. The van der Waals surface area contributed by atoms with E-state index in [1.807, 2.05) is 4.98 Å². The summed E-state index contributed by atoms with van der Waals surface area (Å²) in [5, 5.41) is 29.7. The molecule has 2 heterocycles. The second kappa shape index (κ2) is 5.23. The van der Waals surface area contributed by atoms with Crippen molar-refractivity contribution in [1.82, 2.24) is 9.55 Å². The number of allylic oxidation sites excluding steroid dienone is 1. The van der Waals surface area contributed by atoms with Crippen LogP contribution >= 0.6 is 0 Å². The van der Waals surface area contributed by atoms with Gasteiger partial charge in [-0.05, 0) is 19.4 Å². The summed E-state index contributed by atoms with van der Waals surface area (Å²) in [5.41, 5.74) is -0.829. The van der Waals surface area contributed by atoms with Crippen molar-refractivity contribution in [2.75, 3.05) is 0 Å². The largest absolute Gasteiger partial charge is 0.510 e. The smallest absolute Gasteiger partial charge is 0.330 e. The molecule has 0 radical (unpaired) electrons. The van der Waals surface area contributed by atoms with Gasteiger partial charge < -0.3 is 20.1 Å². The fourth-order valence-corrected chi connectivity index (χ4v) is 2.03. The molecule has 0 spiro atoms. The standard InChI is InChI=1S/C12H16N2O6/c1-5(2)7(16)10-8(17)9(18)11(20-10)14-4-3-6(15)13-12(14)19/h3-4,8-11,16-18H,1-2H3,(H,13,15,19)/t8-,9+,10+,11+/m0/s1. The number of aliphatic hydroxyl groups excluding tert-OH is 3. The van der Waals surface area contributed by atoms with E-state index in [0.29, 0.717) is 5.57 Å². The third-order valence-electron chi connectivity index (χ3n) is 3.15. The molecule has 0 aromatic carbocycles. The Morgan fingerprint density at radius 1 is 1.30 bits per heavy atom. The lowest BCUT2D eigenvalue weighted by Gasteiger charge is -2.16. The summed E-state index contributed by atoms with van der Waals surface area (Å²) < 4.78 is 6.30. The number of aromatic amines is 1. The molecule has 2 rings (SSSR count). The summed E-state index contributed by atoms with van der Waals surface area (Å²) in [6, 6.07) is 1.10. The number of aliphatic hydroxyl groups is 3. The highest BCUT2D eigenvalue weighted by atomic mass is 16.6. The van der Waals surface area contributed by atoms with Gasteiger partial charge in [0.2, 0.25) is 0 Å². The van der Waals surface area contributed by atoms with E-state index in [4.69, 9.17) is 4.74 Å². The second-order valence-corrected chi connectivity index (χ2v) is 4.83. The molecule has 1 fully saturated rings. The predicted molar refractivity (Wildman–Crippen MR) is 68.2 cm³/mol. The highest BCUT2D eigenvalue weighted by Crippen LogP contribution is 2.32. The number of H-pyrrole nitrogens is 1. The number of nitrogens with one attached hydrogen (secondary N) is 1. The van der Waals surface area contributed by atoms with Gasteiger partial charge >= 0.3 is 5.69 Å². The highest BCUT2D eigenvalue weighted by Gasteiger charge is 2.46. The van der Waals surface area contributed by atoms with Crippen LogP contribution in [0.15, 0.2) is 33.2 Å². The van der Waals surface area contributed by atoms with E-state index in [1.165, 1.54) is 0 Å². The first-order valence-electron chi connectivity index (χ1n) is 6.02. The van der Waals surface area contributed by atoms with Gasteiger partial charge in [0.25, 0.3) is 5.56 Å². The Bertz CT molecular complexity index is 642. The molecule has 0 unspecified atom stereocenters. The van der Waals surface area contributed by atoms with E-state index in [1.54, 1.807) is 13.8 Å². The maximum atomic E-state index is 11.6. The molecule has 110 valence electrons. The molecule has 0 aliphatic carbocycles. The third kappa shape index (κ3) is 2.40. The third-order valence-corrected chi connectivity index (χ3v) is 3.15. The average Bonchev–Trinajstić information content (AvgIpc) is 2.66. The summed E-state index contributed by atoms with van der Waals surface area (Å²) in [5.74, 6) is -0.198. The van der Waals surface area contributed by atoms with Crippen LogP contribution in [0.4, 0.5) is 0 Å². The molecule has 1 aliphatic rings. The summed E-state index contributed by atoms with van der Waals surface area (Å²) in [4.78, 5) is 24.7. The average molecular weight is 284 g/mol. The topological polar surface area (TPSA) is 125 Å². The molecule has 4 N–H and O–H groups in total. The molecular formula is C12H16N2O6. The quantitative estimate of drug-likeness (QED) is 0.517. The van der Waals surface area contributed by atoms with Crippen LogP contribution in [0, 0.1) is 0 Å². The lowest BCUT2D eigenvalue weighted by atomic mass is 10.1. The van der Waals surface area contributed by atoms with Crippen molar-refractivity contribution in [2.24, 2.45) is 0 Å². The molecule has 1 aliphatic heterocycles. The minimum Gasteiger partial charge on any atom is -0.510 e. The van der Waals surface area contributed by atoms with E-state index in [-0.39, 0.29) is 5.76 Å². The normalized spacial score (nSPS) is 29.4. The zero-order chi connectivity index (χ0) is 15.0. The molecule has 4 atom stereocenters. The van der Waals surface area contributed by atoms with Crippen molar-refractivity contribution in [3.63, 3.8) is 0 Å². The van der Waals surface area contributed by atoms with Crippen molar-refractivity contribution < 1.29 is 20.1 Å². The summed E-state index contributed by atoms with van der Waals surface area (Å²) in [6.07, 6.45) is -3.96. The predicted octanol–water partition coefficient (Wildman–Crippen LogP) is -0.992. The first kappa shape index (κ1) is 14.5. The van der Waals surface area contributed by atoms with Crippen molar-refractivity contribution in [3.8, 4) is 0 Å². The number of hydrogen-bond acceptors (Lipinski definition) is 6. The number of aromatic nitrogens is 2. The van der Waals surface area contributed by atoms with E-state index in [0.717, 1.165) is 16.8 Å². The van der Waals surface area contributed by atoms with Crippen LogP contribution in [0.3, 0.4) is 0 Å². The number of ether oxygens (including phenoxy) is 1. The van der Waals surface area contributed by atoms with E-state index < -0.39 is 35.8 Å². The summed E-state index contributed by atoms with van der Waals surface area (Å²) >= 11 is 0. The van der Waals surface area contributed by atoms with Crippen LogP contribution in [0.25, 0.3) is 0 Å². The minimum absolute atomic E-state index is 0.198. The molecule has 1 saturated heterocycles. The van der Waals surface area contributed by atoms with Gasteiger partial charge in [-0.2, -0.15) is 0 Å². The Balaban J connectivity index is 2.38. The number of hydrogen-bond donors (Lipinski definition) is 4. The Morgan fingerprint density at radius 3 is 2.50 bits per heavy atom. The van der Waals surface area contributed by atoms with Gasteiger partial charge in [0.1, 0.15) is 24.1 Å². The maximum absolute atomic E-state index is 11.6. The molecule has 20 heavy (non-hydrogen) atoms. The molecule has 8 heteroatoms. The first-order chi connectivity index (χ1) is 9.32. The molecule has 8 nitrogen and oxygen atoms in total. The van der Waals surface area contributed by atoms with Gasteiger partial charge in [-0.1, -0.05) is 0 Å².